The number of non-ortho nitro benzene ring substituents is 1. The second-order valence-electron chi connectivity index (χ2n) is 6.73. The Morgan fingerprint density at radius 3 is 2.39 bits per heavy atom. The van der Waals surface area contributed by atoms with E-state index in [0.717, 1.165) is 5.56 Å². The van der Waals surface area contributed by atoms with Gasteiger partial charge in [0.25, 0.3) is 11.6 Å². The van der Waals surface area contributed by atoms with Gasteiger partial charge in [-0.3, -0.25) is 19.7 Å². The zero-order valence-corrected chi connectivity index (χ0v) is 16.5. The van der Waals surface area contributed by atoms with E-state index >= 15 is 0 Å². The minimum atomic E-state index is -0.500. The van der Waals surface area contributed by atoms with Crippen molar-refractivity contribution in [3.05, 3.63) is 99.6 Å². The molecule has 0 spiro atoms. The third kappa shape index (κ3) is 5.77. The van der Waals surface area contributed by atoms with E-state index in [9.17, 15) is 24.8 Å². The average molecular weight is 417 g/mol. The van der Waals surface area contributed by atoms with Crippen LogP contribution in [0.3, 0.4) is 0 Å². The summed E-state index contributed by atoms with van der Waals surface area (Å²) < 4.78 is 0. The van der Waals surface area contributed by atoms with Gasteiger partial charge in [0.2, 0.25) is 5.91 Å². The first kappa shape index (κ1) is 21.3. The molecule has 0 aromatic heterocycles. The molecule has 156 valence electrons. The van der Waals surface area contributed by atoms with Crippen LogP contribution in [-0.2, 0) is 4.79 Å². The van der Waals surface area contributed by atoms with Crippen LogP contribution < -0.4 is 10.6 Å². The van der Waals surface area contributed by atoms with Crippen molar-refractivity contribution in [2.24, 2.45) is 0 Å². The summed E-state index contributed by atoms with van der Waals surface area (Å²) in [5, 5.41) is 26.1. The van der Waals surface area contributed by atoms with Crippen molar-refractivity contribution in [2.75, 3.05) is 10.6 Å². The highest BCUT2D eigenvalue weighted by atomic mass is 16.6. The molecule has 0 aliphatic carbocycles. The molecule has 3 rings (SSSR count). The third-order valence-corrected chi connectivity index (χ3v) is 4.32. The number of phenolic OH excluding ortho intramolecular Hbond substituents is 1. The van der Waals surface area contributed by atoms with Gasteiger partial charge in [-0.05, 0) is 55.0 Å². The lowest BCUT2D eigenvalue weighted by molar-refractivity contribution is -0.384. The number of amides is 2. The van der Waals surface area contributed by atoms with Crippen LogP contribution >= 0.6 is 0 Å². The van der Waals surface area contributed by atoms with Crippen molar-refractivity contribution in [3.8, 4) is 5.75 Å². The molecule has 0 bridgehead atoms. The van der Waals surface area contributed by atoms with Gasteiger partial charge in [0.05, 0.1) is 10.6 Å². The minimum absolute atomic E-state index is 0.0355. The van der Waals surface area contributed by atoms with E-state index < -0.39 is 10.8 Å². The van der Waals surface area contributed by atoms with Crippen LogP contribution in [0.4, 0.5) is 17.1 Å². The molecule has 8 nitrogen and oxygen atoms in total. The molecular weight excluding hydrogens is 398 g/mol. The zero-order chi connectivity index (χ0) is 22.4. The van der Waals surface area contributed by atoms with Gasteiger partial charge >= 0.3 is 0 Å². The molecule has 0 radical (unpaired) electrons. The van der Waals surface area contributed by atoms with Crippen molar-refractivity contribution in [1.82, 2.24) is 0 Å². The molecular formula is C23H19N3O5. The topological polar surface area (TPSA) is 122 Å². The van der Waals surface area contributed by atoms with E-state index in [2.05, 4.69) is 10.6 Å². The second-order valence-corrected chi connectivity index (χ2v) is 6.73. The molecule has 31 heavy (non-hydrogen) atoms. The Labute approximate surface area is 178 Å². The van der Waals surface area contributed by atoms with Crippen molar-refractivity contribution in [2.45, 2.75) is 6.92 Å². The Morgan fingerprint density at radius 1 is 1.00 bits per heavy atom. The molecule has 8 heteroatoms. The summed E-state index contributed by atoms with van der Waals surface area (Å²) in [5.41, 5.74) is 2.55. The first-order valence-electron chi connectivity index (χ1n) is 9.26. The number of anilines is 2. The Balaban J connectivity index is 1.62. The maximum absolute atomic E-state index is 12.3. The van der Waals surface area contributed by atoms with Crippen LogP contribution in [-0.4, -0.2) is 21.8 Å². The summed E-state index contributed by atoms with van der Waals surface area (Å²) in [4.78, 5) is 34.6. The van der Waals surface area contributed by atoms with Gasteiger partial charge in [-0.25, -0.2) is 0 Å². The molecule has 3 aromatic rings. The second kappa shape index (κ2) is 9.36. The fraction of sp³-hybridized carbons (Fsp3) is 0.0435. The first-order valence-corrected chi connectivity index (χ1v) is 9.26. The highest BCUT2D eigenvalue weighted by molar-refractivity contribution is 6.06. The number of nitro benzene ring substituents is 1. The summed E-state index contributed by atoms with van der Waals surface area (Å²) in [5.74, 6) is -1.01. The number of nitrogens with one attached hydrogen (secondary N) is 2. The Kier molecular flexibility index (Phi) is 6.42. The van der Waals surface area contributed by atoms with Crippen LogP contribution in [0.15, 0.2) is 72.8 Å². The molecule has 0 atom stereocenters. The van der Waals surface area contributed by atoms with Crippen LogP contribution in [0.25, 0.3) is 6.08 Å². The lowest BCUT2D eigenvalue weighted by Crippen LogP contribution is -2.12. The molecule has 0 aliphatic rings. The Hall–Kier alpha value is -4.46. The van der Waals surface area contributed by atoms with E-state index in [1.165, 1.54) is 48.6 Å². The standard InChI is InChI=1S/C23H19N3O5/c1-15-3-2-4-17(13-15)23(29)25-20-11-8-18(14-21(20)27)24-22(28)12-7-16-5-9-19(10-6-16)26(30)31/h2-14,27H,1H3,(H,24,28)(H,25,29)/b12-7+. The van der Waals surface area contributed by atoms with E-state index in [1.54, 1.807) is 24.3 Å². The number of aromatic hydroxyl groups is 1. The van der Waals surface area contributed by atoms with Crippen LogP contribution in [0.2, 0.25) is 0 Å². The van der Waals surface area contributed by atoms with Gasteiger partial charge in [-0.2, -0.15) is 0 Å². The summed E-state index contributed by atoms with van der Waals surface area (Å²) in [6.45, 7) is 1.88. The number of phenols is 1. The number of aryl methyl sites for hydroxylation is 1. The molecule has 0 aliphatic heterocycles. The average Bonchev–Trinajstić information content (AvgIpc) is 2.74. The van der Waals surface area contributed by atoms with Crippen LogP contribution in [0.1, 0.15) is 21.5 Å². The lowest BCUT2D eigenvalue weighted by Gasteiger charge is -2.10. The maximum Gasteiger partial charge on any atom is 0.269 e. The summed E-state index contributed by atoms with van der Waals surface area (Å²) in [6.07, 6.45) is 2.78. The molecule has 2 amide bonds. The maximum atomic E-state index is 12.3. The van der Waals surface area contributed by atoms with Crippen LogP contribution in [0.5, 0.6) is 5.75 Å². The molecule has 0 saturated heterocycles. The Bertz CT molecular complexity index is 1170. The number of nitro groups is 1. The third-order valence-electron chi connectivity index (χ3n) is 4.32. The number of hydrogen-bond acceptors (Lipinski definition) is 5. The minimum Gasteiger partial charge on any atom is -0.506 e. The van der Waals surface area contributed by atoms with Crippen LogP contribution in [0, 0.1) is 17.0 Å². The number of carbonyl (C=O) groups excluding carboxylic acids is 2. The normalized spacial score (nSPS) is 10.6. The van der Waals surface area contributed by atoms with E-state index in [0.29, 0.717) is 16.8 Å². The predicted molar refractivity (Wildman–Crippen MR) is 118 cm³/mol. The lowest BCUT2D eigenvalue weighted by atomic mass is 10.1. The zero-order valence-electron chi connectivity index (χ0n) is 16.5. The number of hydrogen-bond donors (Lipinski definition) is 3. The highest BCUT2D eigenvalue weighted by Gasteiger charge is 2.10. The van der Waals surface area contributed by atoms with E-state index in [4.69, 9.17) is 0 Å². The quantitative estimate of drug-likeness (QED) is 0.236. The van der Waals surface area contributed by atoms with Crippen molar-refractivity contribution >= 4 is 35.0 Å². The van der Waals surface area contributed by atoms with Gasteiger partial charge < -0.3 is 15.7 Å². The monoisotopic (exact) mass is 417 g/mol. The van der Waals surface area contributed by atoms with Gasteiger partial charge in [0.1, 0.15) is 5.75 Å². The summed E-state index contributed by atoms with van der Waals surface area (Å²) >= 11 is 0. The number of benzene rings is 3. The molecule has 3 aromatic carbocycles. The number of carbonyl (C=O) groups is 2. The molecule has 0 unspecified atom stereocenters. The summed E-state index contributed by atoms with van der Waals surface area (Å²) in [6, 6.07) is 17.2. The highest BCUT2D eigenvalue weighted by Crippen LogP contribution is 2.27. The van der Waals surface area contributed by atoms with Gasteiger partial charge in [0, 0.05) is 35.5 Å². The van der Waals surface area contributed by atoms with Crippen molar-refractivity contribution in [3.63, 3.8) is 0 Å². The molecule has 0 fully saturated rings. The fourth-order valence-corrected chi connectivity index (χ4v) is 2.76. The van der Waals surface area contributed by atoms with E-state index in [-0.39, 0.29) is 23.0 Å². The summed E-state index contributed by atoms with van der Waals surface area (Å²) in [7, 11) is 0. The van der Waals surface area contributed by atoms with Gasteiger partial charge in [-0.15, -0.1) is 0 Å². The number of nitrogens with zero attached hydrogens (tertiary/aromatic N) is 1. The smallest absolute Gasteiger partial charge is 0.269 e. The number of rotatable bonds is 6. The van der Waals surface area contributed by atoms with Crippen molar-refractivity contribution < 1.29 is 19.6 Å². The molecule has 0 heterocycles. The van der Waals surface area contributed by atoms with Crippen molar-refractivity contribution in [1.29, 1.82) is 0 Å². The SMILES string of the molecule is Cc1cccc(C(=O)Nc2ccc(NC(=O)/C=C/c3ccc([N+](=O)[O-])cc3)cc2O)c1. The largest absolute Gasteiger partial charge is 0.506 e. The fourth-order valence-electron chi connectivity index (χ4n) is 2.76. The molecule has 0 saturated carbocycles. The predicted octanol–water partition coefficient (Wildman–Crippen LogP) is 4.51. The van der Waals surface area contributed by atoms with Gasteiger partial charge in [-0.1, -0.05) is 17.7 Å². The van der Waals surface area contributed by atoms with E-state index in [1.807, 2.05) is 13.0 Å². The Morgan fingerprint density at radius 2 is 1.74 bits per heavy atom. The first-order chi connectivity index (χ1) is 14.8. The molecule has 3 N–H and O–H groups in total. The van der Waals surface area contributed by atoms with Gasteiger partial charge in [0.15, 0.2) is 0 Å².